The van der Waals surface area contributed by atoms with Crippen LogP contribution in [0.2, 0.25) is 0 Å². The van der Waals surface area contributed by atoms with Crippen LogP contribution in [0.25, 0.3) is 4.96 Å². The number of rotatable bonds is 2. The second-order valence-electron chi connectivity index (χ2n) is 4.08. The van der Waals surface area contributed by atoms with E-state index in [0.717, 1.165) is 15.8 Å². The third-order valence-electron chi connectivity index (χ3n) is 2.54. The number of aromatic nitrogens is 4. The number of carbonyl (C=O) groups is 1. The molecule has 0 aliphatic carbocycles. The Morgan fingerprint density at radius 3 is 2.55 bits per heavy atom. The SMILES string of the molecule is O=C(Nc1ccc(Br)cc1)c1nn2c(C(F)(F)F)nnc2s1. The Balaban J connectivity index is 1.88. The van der Waals surface area contributed by atoms with Crippen molar-refractivity contribution in [1.82, 2.24) is 19.8 Å². The van der Waals surface area contributed by atoms with E-state index in [1.807, 2.05) is 0 Å². The van der Waals surface area contributed by atoms with Crippen molar-refractivity contribution in [1.29, 1.82) is 0 Å². The van der Waals surface area contributed by atoms with E-state index in [2.05, 4.69) is 36.5 Å². The highest BCUT2D eigenvalue weighted by molar-refractivity contribution is 9.10. The van der Waals surface area contributed by atoms with Crippen LogP contribution in [-0.2, 0) is 6.18 Å². The van der Waals surface area contributed by atoms with Crippen molar-refractivity contribution in [2.45, 2.75) is 6.18 Å². The van der Waals surface area contributed by atoms with E-state index in [-0.39, 0.29) is 9.97 Å². The maximum atomic E-state index is 12.7. The molecule has 0 radical (unpaired) electrons. The van der Waals surface area contributed by atoms with Gasteiger partial charge in [-0.3, -0.25) is 4.79 Å². The number of fused-ring (bicyclic) bond motifs is 1. The summed E-state index contributed by atoms with van der Waals surface area (Å²) >= 11 is 3.97. The first kappa shape index (κ1) is 14.9. The number of amides is 1. The topological polar surface area (TPSA) is 72.2 Å². The van der Waals surface area contributed by atoms with Crippen molar-refractivity contribution >= 4 is 43.8 Å². The first-order valence-corrected chi connectivity index (χ1v) is 7.32. The lowest BCUT2D eigenvalue weighted by Crippen LogP contribution is -2.14. The van der Waals surface area contributed by atoms with Crippen molar-refractivity contribution in [3.05, 3.63) is 39.6 Å². The Morgan fingerprint density at radius 2 is 1.91 bits per heavy atom. The van der Waals surface area contributed by atoms with Crippen molar-refractivity contribution in [2.24, 2.45) is 0 Å². The Morgan fingerprint density at radius 1 is 1.23 bits per heavy atom. The number of anilines is 1. The molecule has 0 unspecified atom stereocenters. The molecule has 0 saturated carbocycles. The summed E-state index contributed by atoms with van der Waals surface area (Å²) in [5.74, 6) is -1.88. The summed E-state index contributed by atoms with van der Waals surface area (Å²) in [4.78, 5) is 11.9. The van der Waals surface area contributed by atoms with Crippen molar-refractivity contribution in [2.75, 3.05) is 5.32 Å². The molecule has 0 aliphatic heterocycles. The minimum absolute atomic E-state index is 0.103. The van der Waals surface area contributed by atoms with Crippen LogP contribution in [0.3, 0.4) is 0 Å². The maximum absolute atomic E-state index is 12.7. The lowest BCUT2D eigenvalue weighted by Gasteiger charge is -2.02. The smallest absolute Gasteiger partial charge is 0.320 e. The van der Waals surface area contributed by atoms with Gasteiger partial charge in [0.15, 0.2) is 0 Å². The number of carbonyl (C=O) groups excluding carboxylic acids is 1. The zero-order chi connectivity index (χ0) is 15.9. The third kappa shape index (κ3) is 2.81. The average Bonchev–Trinajstić information content (AvgIpc) is 2.99. The van der Waals surface area contributed by atoms with Gasteiger partial charge in [0.2, 0.25) is 9.97 Å². The second kappa shape index (κ2) is 5.32. The van der Waals surface area contributed by atoms with Gasteiger partial charge in [-0.2, -0.15) is 17.7 Å². The van der Waals surface area contributed by atoms with Gasteiger partial charge in [0.1, 0.15) is 0 Å². The normalized spacial score (nSPS) is 11.8. The van der Waals surface area contributed by atoms with Gasteiger partial charge in [-0.05, 0) is 24.3 Å². The summed E-state index contributed by atoms with van der Waals surface area (Å²) in [5, 5.41) is 12.4. The molecule has 0 fully saturated rings. The second-order valence-corrected chi connectivity index (χ2v) is 5.96. The molecule has 3 aromatic rings. The Bertz CT molecular complexity index is 842. The fourth-order valence-corrected chi connectivity index (χ4v) is 2.60. The summed E-state index contributed by atoms with van der Waals surface area (Å²) in [5.41, 5.74) is 0.496. The Labute approximate surface area is 133 Å². The number of alkyl halides is 3. The maximum Gasteiger partial charge on any atom is 0.453 e. The number of hydrogen-bond acceptors (Lipinski definition) is 5. The molecule has 1 amide bonds. The monoisotopic (exact) mass is 391 g/mol. The molecule has 0 aliphatic rings. The van der Waals surface area contributed by atoms with Crippen LogP contribution in [0.15, 0.2) is 28.7 Å². The van der Waals surface area contributed by atoms with Crippen LogP contribution in [0.5, 0.6) is 0 Å². The molecule has 22 heavy (non-hydrogen) atoms. The summed E-state index contributed by atoms with van der Waals surface area (Å²) in [6.07, 6.45) is -4.69. The van der Waals surface area contributed by atoms with Crippen LogP contribution >= 0.6 is 27.3 Å². The average molecular weight is 392 g/mol. The first-order valence-electron chi connectivity index (χ1n) is 5.71. The highest BCUT2D eigenvalue weighted by Gasteiger charge is 2.38. The van der Waals surface area contributed by atoms with E-state index in [1.54, 1.807) is 24.3 Å². The zero-order valence-corrected chi connectivity index (χ0v) is 12.8. The number of benzene rings is 1. The molecule has 11 heteroatoms. The molecular weight excluding hydrogens is 387 g/mol. The molecule has 2 heterocycles. The Hall–Kier alpha value is -2.01. The molecule has 0 saturated heterocycles. The van der Waals surface area contributed by atoms with Crippen LogP contribution < -0.4 is 5.32 Å². The molecule has 3 rings (SSSR count). The van der Waals surface area contributed by atoms with E-state index in [0.29, 0.717) is 10.2 Å². The van der Waals surface area contributed by atoms with E-state index < -0.39 is 17.9 Å². The molecular formula is C11H5BrF3N5OS. The van der Waals surface area contributed by atoms with Gasteiger partial charge in [0.25, 0.3) is 11.7 Å². The predicted molar refractivity (Wildman–Crippen MR) is 75.8 cm³/mol. The highest BCUT2D eigenvalue weighted by atomic mass is 79.9. The number of nitrogens with zero attached hydrogens (tertiary/aromatic N) is 4. The van der Waals surface area contributed by atoms with Crippen molar-refractivity contribution < 1.29 is 18.0 Å². The van der Waals surface area contributed by atoms with Gasteiger partial charge < -0.3 is 5.32 Å². The minimum atomic E-state index is -4.69. The molecule has 0 spiro atoms. The standard InChI is InChI=1S/C11H5BrF3N5OS/c12-5-1-3-6(4-2-5)16-7(21)8-19-20-9(11(13,14)15)17-18-10(20)22-8/h1-4H,(H,16,21). The number of halogens is 4. The molecule has 0 bridgehead atoms. The van der Waals surface area contributed by atoms with Gasteiger partial charge in [-0.1, -0.05) is 27.3 Å². The fourth-order valence-electron chi connectivity index (χ4n) is 1.60. The van der Waals surface area contributed by atoms with E-state index in [4.69, 9.17) is 0 Å². The van der Waals surface area contributed by atoms with Gasteiger partial charge in [0, 0.05) is 10.2 Å². The lowest BCUT2D eigenvalue weighted by molar-refractivity contribution is -0.146. The van der Waals surface area contributed by atoms with E-state index >= 15 is 0 Å². The molecule has 6 nitrogen and oxygen atoms in total. The van der Waals surface area contributed by atoms with Crippen LogP contribution in [-0.4, -0.2) is 25.7 Å². The summed E-state index contributed by atoms with van der Waals surface area (Å²) < 4.78 is 39.4. The van der Waals surface area contributed by atoms with Crippen LogP contribution in [0.1, 0.15) is 15.6 Å². The van der Waals surface area contributed by atoms with E-state index in [1.165, 1.54) is 0 Å². The number of nitrogens with one attached hydrogen (secondary N) is 1. The molecule has 1 aromatic carbocycles. The summed E-state index contributed by atoms with van der Waals surface area (Å²) in [7, 11) is 0. The van der Waals surface area contributed by atoms with Gasteiger partial charge in [-0.25, -0.2) is 0 Å². The molecule has 2 aromatic heterocycles. The zero-order valence-electron chi connectivity index (χ0n) is 10.4. The highest BCUT2D eigenvalue weighted by Crippen LogP contribution is 2.29. The third-order valence-corrected chi connectivity index (χ3v) is 3.97. The molecule has 114 valence electrons. The molecule has 0 atom stereocenters. The van der Waals surface area contributed by atoms with Crippen molar-refractivity contribution in [3.63, 3.8) is 0 Å². The number of hydrogen-bond donors (Lipinski definition) is 1. The predicted octanol–water partition coefficient (Wildman–Crippen LogP) is 3.22. The van der Waals surface area contributed by atoms with Gasteiger partial charge >= 0.3 is 6.18 Å². The summed E-state index contributed by atoms with van der Waals surface area (Å²) in [6.45, 7) is 0. The molecule has 1 N–H and O–H groups in total. The fraction of sp³-hybridized carbons (Fsp3) is 0.0909. The Kier molecular flexibility index (Phi) is 3.60. The largest absolute Gasteiger partial charge is 0.453 e. The quantitative estimate of drug-likeness (QED) is 0.727. The summed E-state index contributed by atoms with van der Waals surface area (Å²) in [6, 6.07) is 6.72. The minimum Gasteiger partial charge on any atom is -0.320 e. The van der Waals surface area contributed by atoms with Crippen LogP contribution in [0, 0.1) is 0 Å². The van der Waals surface area contributed by atoms with E-state index in [9.17, 15) is 18.0 Å². The first-order chi connectivity index (χ1) is 10.3. The van der Waals surface area contributed by atoms with Gasteiger partial charge in [0.05, 0.1) is 0 Å². The van der Waals surface area contributed by atoms with Gasteiger partial charge in [-0.15, -0.1) is 15.3 Å². The lowest BCUT2D eigenvalue weighted by atomic mass is 10.3. The van der Waals surface area contributed by atoms with Crippen molar-refractivity contribution in [3.8, 4) is 0 Å². The van der Waals surface area contributed by atoms with Crippen LogP contribution in [0.4, 0.5) is 18.9 Å².